The SMILES string of the molecule is CCNC(=NCCc1ccc(F)cc1F)NCCc1cccc(C(=O)N(C)C)c1.I. The lowest BCUT2D eigenvalue weighted by Gasteiger charge is -2.13. The summed E-state index contributed by atoms with van der Waals surface area (Å²) in [5.41, 5.74) is 2.15. The number of guanidine groups is 1. The predicted octanol–water partition coefficient (Wildman–Crippen LogP) is 3.62. The Hall–Kier alpha value is -2.23. The molecule has 0 aliphatic carbocycles. The smallest absolute Gasteiger partial charge is 0.253 e. The molecule has 0 radical (unpaired) electrons. The third kappa shape index (κ3) is 8.25. The van der Waals surface area contributed by atoms with Gasteiger partial charge in [0, 0.05) is 45.4 Å². The highest BCUT2D eigenvalue weighted by molar-refractivity contribution is 14.0. The Balaban J connectivity index is 0.00000450. The van der Waals surface area contributed by atoms with Gasteiger partial charge in [0.2, 0.25) is 0 Å². The third-order valence-corrected chi connectivity index (χ3v) is 4.30. The molecular formula is C22H29F2IN4O. The highest BCUT2D eigenvalue weighted by atomic mass is 127. The minimum Gasteiger partial charge on any atom is -0.357 e. The van der Waals surface area contributed by atoms with Gasteiger partial charge in [0.25, 0.3) is 5.91 Å². The first-order chi connectivity index (χ1) is 13.9. The number of rotatable bonds is 8. The number of carbonyl (C=O) groups excluding carboxylic acids is 1. The molecule has 0 saturated heterocycles. The summed E-state index contributed by atoms with van der Waals surface area (Å²) < 4.78 is 26.7. The molecular weight excluding hydrogens is 501 g/mol. The zero-order valence-electron chi connectivity index (χ0n) is 17.5. The van der Waals surface area contributed by atoms with Crippen molar-refractivity contribution >= 4 is 35.8 Å². The highest BCUT2D eigenvalue weighted by Crippen LogP contribution is 2.10. The second-order valence-electron chi connectivity index (χ2n) is 6.82. The molecule has 0 atom stereocenters. The molecule has 30 heavy (non-hydrogen) atoms. The van der Waals surface area contributed by atoms with Crippen LogP contribution in [0.4, 0.5) is 8.78 Å². The first-order valence-corrected chi connectivity index (χ1v) is 9.67. The van der Waals surface area contributed by atoms with Crippen molar-refractivity contribution in [3.8, 4) is 0 Å². The summed E-state index contributed by atoms with van der Waals surface area (Å²) in [6.45, 7) is 3.68. The van der Waals surface area contributed by atoms with E-state index in [4.69, 9.17) is 0 Å². The third-order valence-electron chi connectivity index (χ3n) is 4.30. The van der Waals surface area contributed by atoms with Crippen molar-refractivity contribution in [3.05, 3.63) is 70.8 Å². The fourth-order valence-electron chi connectivity index (χ4n) is 2.80. The molecule has 2 N–H and O–H groups in total. The van der Waals surface area contributed by atoms with E-state index in [1.54, 1.807) is 25.1 Å². The first-order valence-electron chi connectivity index (χ1n) is 9.67. The Labute approximate surface area is 194 Å². The van der Waals surface area contributed by atoms with E-state index in [0.29, 0.717) is 43.1 Å². The monoisotopic (exact) mass is 530 g/mol. The quantitative estimate of drug-likeness (QED) is 0.312. The lowest BCUT2D eigenvalue weighted by atomic mass is 10.1. The molecule has 2 rings (SSSR count). The standard InChI is InChI=1S/C22H28F2N4O.HI/c1-4-25-22(27-13-11-17-8-9-19(23)15-20(17)24)26-12-10-16-6-5-7-18(14-16)21(29)28(2)3;/h5-9,14-15H,4,10-13H2,1-3H3,(H2,25,26,27);1H. The number of nitrogens with one attached hydrogen (secondary N) is 2. The summed E-state index contributed by atoms with van der Waals surface area (Å²) in [6, 6.07) is 11.1. The maximum Gasteiger partial charge on any atom is 0.253 e. The van der Waals surface area contributed by atoms with E-state index >= 15 is 0 Å². The maximum absolute atomic E-state index is 13.7. The number of nitrogens with zero attached hydrogens (tertiary/aromatic N) is 2. The Kier molecular flexibility index (Phi) is 11.3. The number of benzene rings is 2. The van der Waals surface area contributed by atoms with Crippen LogP contribution in [0.5, 0.6) is 0 Å². The minimum atomic E-state index is -0.582. The Morgan fingerprint density at radius 2 is 1.83 bits per heavy atom. The van der Waals surface area contributed by atoms with Crippen molar-refractivity contribution in [2.75, 3.05) is 33.7 Å². The molecule has 0 heterocycles. The predicted molar refractivity (Wildman–Crippen MR) is 128 cm³/mol. The molecule has 0 saturated carbocycles. The lowest BCUT2D eigenvalue weighted by molar-refractivity contribution is 0.0827. The summed E-state index contributed by atoms with van der Waals surface area (Å²) in [7, 11) is 3.46. The fraction of sp³-hybridized carbons (Fsp3) is 0.364. The van der Waals surface area contributed by atoms with Gasteiger partial charge in [0.05, 0.1) is 0 Å². The van der Waals surface area contributed by atoms with Crippen LogP contribution in [-0.4, -0.2) is 50.5 Å². The van der Waals surface area contributed by atoms with Gasteiger partial charge in [-0.25, -0.2) is 8.78 Å². The second kappa shape index (κ2) is 13.1. The van der Waals surface area contributed by atoms with Gasteiger partial charge < -0.3 is 15.5 Å². The number of carbonyl (C=O) groups is 1. The number of aliphatic imine (C=N–C) groups is 1. The van der Waals surface area contributed by atoms with Crippen LogP contribution in [0.25, 0.3) is 0 Å². The number of hydrogen-bond acceptors (Lipinski definition) is 2. The summed E-state index contributed by atoms with van der Waals surface area (Å²) in [4.78, 5) is 18.1. The van der Waals surface area contributed by atoms with Gasteiger partial charge >= 0.3 is 0 Å². The molecule has 0 aliphatic rings. The van der Waals surface area contributed by atoms with E-state index in [2.05, 4.69) is 15.6 Å². The average Bonchev–Trinajstić information content (AvgIpc) is 2.69. The van der Waals surface area contributed by atoms with Crippen LogP contribution in [0.3, 0.4) is 0 Å². The molecule has 5 nitrogen and oxygen atoms in total. The van der Waals surface area contributed by atoms with Gasteiger partial charge in [-0.2, -0.15) is 0 Å². The van der Waals surface area contributed by atoms with Gasteiger partial charge in [-0.05, 0) is 49.1 Å². The van der Waals surface area contributed by atoms with Crippen LogP contribution >= 0.6 is 24.0 Å². The number of hydrogen-bond donors (Lipinski definition) is 2. The molecule has 164 valence electrons. The molecule has 0 spiro atoms. The summed E-state index contributed by atoms with van der Waals surface area (Å²) >= 11 is 0. The Bertz CT molecular complexity index is 859. The normalized spacial score (nSPS) is 10.9. The van der Waals surface area contributed by atoms with Gasteiger partial charge in [-0.1, -0.05) is 18.2 Å². The zero-order chi connectivity index (χ0) is 21.2. The minimum absolute atomic E-state index is 0. The molecule has 1 amide bonds. The molecule has 8 heteroatoms. The van der Waals surface area contributed by atoms with Gasteiger partial charge in [-0.3, -0.25) is 9.79 Å². The van der Waals surface area contributed by atoms with Gasteiger partial charge in [-0.15, -0.1) is 24.0 Å². The molecule has 0 aromatic heterocycles. The largest absolute Gasteiger partial charge is 0.357 e. The number of halogens is 3. The molecule has 2 aromatic rings. The van der Waals surface area contributed by atoms with Crippen LogP contribution in [0.15, 0.2) is 47.5 Å². The molecule has 0 bridgehead atoms. The van der Waals surface area contributed by atoms with Crippen LogP contribution in [0, 0.1) is 11.6 Å². The van der Waals surface area contributed by atoms with Crippen LogP contribution in [0.1, 0.15) is 28.4 Å². The van der Waals surface area contributed by atoms with Crippen molar-refractivity contribution in [2.45, 2.75) is 19.8 Å². The summed E-state index contributed by atoms with van der Waals surface area (Å²) in [5, 5.41) is 6.39. The van der Waals surface area contributed by atoms with Gasteiger partial charge in [0.15, 0.2) is 5.96 Å². The topological polar surface area (TPSA) is 56.7 Å². The first kappa shape index (κ1) is 25.8. The Morgan fingerprint density at radius 3 is 2.50 bits per heavy atom. The summed E-state index contributed by atoms with van der Waals surface area (Å²) in [6.07, 6.45) is 1.11. The van der Waals surface area contributed by atoms with E-state index in [9.17, 15) is 13.6 Å². The average molecular weight is 530 g/mol. The lowest BCUT2D eigenvalue weighted by Crippen LogP contribution is -2.38. The molecule has 0 fully saturated rings. The van der Waals surface area contributed by atoms with E-state index in [1.165, 1.54) is 12.1 Å². The van der Waals surface area contributed by atoms with Crippen LogP contribution in [-0.2, 0) is 12.8 Å². The van der Waals surface area contributed by atoms with Crippen LogP contribution in [0.2, 0.25) is 0 Å². The van der Waals surface area contributed by atoms with Crippen LogP contribution < -0.4 is 10.6 Å². The highest BCUT2D eigenvalue weighted by Gasteiger charge is 2.08. The second-order valence-corrected chi connectivity index (χ2v) is 6.82. The number of amides is 1. The van der Waals surface area contributed by atoms with Crippen molar-refractivity contribution < 1.29 is 13.6 Å². The summed E-state index contributed by atoms with van der Waals surface area (Å²) in [5.74, 6) is -0.523. The van der Waals surface area contributed by atoms with Gasteiger partial charge in [0.1, 0.15) is 11.6 Å². The van der Waals surface area contributed by atoms with E-state index < -0.39 is 11.6 Å². The van der Waals surface area contributed by atoms with E-state index in [0.717, 1.165) is 18.1 Å². The van der Waals surface area contributed by atoms with Crippen molar-refractivity contribution in [1.82, 2.24) is 15.5 Å². The molecule has 0 aliphatic heterocycles. The Morgan fingerprint density at radius 1 is 1.07 bits per heavy atom. The van der Waals surface area contributed by atoms with E-state index in [-0.39, 0.29) is 29.9 Å². The maximum atomic E-state index is 13.7. The molecule has 2 aromatic carbocycles. The van der Waals surface area contributed by atoms with Crippen molar-refractivity contribution in [3.63, 3.8) is 0 Å². The molecule has 0 unspecified atom stereocenters. The van der Waals surface area contributed by atoms with Crippen molar-refractivity contribution in [2.24, 2.45) is 4.99 Å². The van der Waals surface area contributed by atoms with Crippen molar-refractivity contribution in [1.29, 1.82) is 0 Å². The van der Waals surface area contributed by atoms with E-state index in [1.807, 2.05) is 25.1 Å². The zero-order valence-corrected chi connectivity index (χ0v) is 19.9. The fourth-order valence-corrected chi connectivity index (χ4v) is 2.80.